The van der Waals surface area contributed by atoms with E-state index in [1.165, 1.54) is 4.31 Å². The number of halogens is 1. The molecule has 0 atom stereocenters. The molecule has 0 unspecified atom stereocenters. The van der Waals surface area contributed by atoms with Crippen molar-refractivity contribution >= 4 is 27.5 Å². The zero-order valence-electron chi connectivity index (χ0n) is 17.5. The van der Waals surface area contributed by atoms with E-state index in [0.29, 0.717) is 11.6 Å². The third-order valence-corrected chi connectivity index (χ3v) is 6.88. The predicted molar refractivity (Wildman–Crippen MR) is 123 cm³/mol. The monoisotopic (exact) mass is 456 g/mol. The van der Waals surface area contributed by atoms with Gasteiger partial charge in [0, 0.05) is 18.1 Å². The van der Waals surface area contributed by atoms with Gasteiger partial charge in [0.15, 0.2) is 0 Å². The van der Waals surface area contributed by atoms with Gasteiger partial charge in [0.05, 0.1) is 11.4 Å². The summed E-state index contributed by atoms with van der Waals surface area (Å²) in [5.74, 6) is -0.377. The van der Waals surface area contributed by atoms with Gasteiger partial charge in [-0.25, -0.2) is 8.42 Å². The van der Waals surface area contributed by atoms with Crippen LogP contribution in [0.5, 0.6) is 0 Å². The third kappa shape index (κ3) is 6.40. The number of aryl methyl sites for hydroxylation is 2. The van der Waals surface area contributed by atoms with E-state index >= 15 is 0 Å². The fraction of sp³-hybridized carbons (Fsp3) is 0.208. The molecule has 3 aromatic rings. The normalized spacial score (nSPS) is 11.5. The van der Waals surface area contributed by atoms with Crippen LogP contribution in [0, 0.1) is 13.8 Å². The highest BCUT2D eigenvalue weighted by Gasteiger charge is 2.27. The summed E-state index contributed by atoms with van der Waals surface area (Å²) < 4.78 is 27.8. The maximum atomic E-state index is 13.3. The lowest BCUT2D eigenvalue weighted by atomic mass is 10.1. The van der Waals surface area contributed by atoms with E-state index in [4.69, 9.17) is 11.6 Å². The number of benzene rings is 3. The van der Waals surface area contributed by atoms with E-state index in [2.05, 4.69) is 5.32 Å². The highest BCUT2D eigenvalue weighted by molar-refractivity contribution is 7.89. The van der Waals surface area contributed by atoms with Crippen molar-refractivity contribution in [2.24, 2.45) is 0 Å². The average Bonchev–Trinajstić information content (AvgIpc) is 2.73. The Kier molecular flexibility index (Phi) is 7.49. The topological polar surface area (TPSA) is 66.5 Å². The van der Waals surface area contributed by atoms with Crippen molar-refractivity contribution in [1.29, 1.82) is 0 Å². The van der Waals surface area contributed by atoms with Gasteiger partial charge in [-0.2, -0.15) is 4.31 Å². The smallest absolute Gasteiger partial charge is 0.243 e. The zero-order valence-corrected chi connectivity index (χ0v) is 19.1. The molecule has 5 nitrogen and oxygen atoms in total. The van der Waals surface area contributed by atoms with Crippen LogP contribution >= 0.6 is 11.6 Å². The van der Waals surface area contributed by atoms with Gasteiger partial charge in [-0.15, -0.1) is 0 Å². The van der Waals surface area contributed by atoms with Crippen LogP contribution < -0.4 is 5.32 Å². The number of carbonyl (C=O) groups is 1. The summed E-state index contributed by atoms with van der Waals surface area (Å²) in [4.78, 5) is 12.8. The summed E-state index contributed by atoms with van der Waals surface area (Å²) in [6.45, 7) is 3.95. The molecule has 0 spiro atoms. The van der Waals surface area contributed by atoms with Gasteiger partial charge in [0.1, 0.15) is 0 Å². The van der Waals surface area contributed by atoms with Crippen molar-refractivity contribution in [3.05, 3.63) is 100 Å². The molecule has 0 fully saturated rings. The van der Waals surface area contributed by atoms with Crippen LogP contribution in [0.1, 0.15) is 22.3 Å². The number of rotatable bonds is 8. The van der Waals surface area contributed by atoms with Gasteiger partial charge in [0.2, 0.25) is 15.9 Å². The summed E-state index contributed by atoms with van der Waals surface area (Å²) in [7, 11) is -3.86. The Labute approximate surface area is 188 Å². The van der Waals surface area contributed by atoms with E-state index in [-0.39, 0.29) is 23.9 Å². The quantitative estimate of drug-likeness (QED) is 0.544. The lowest BCUT2D eigenvalue weighted by Gasteiger charge is -2.22. The number of hydrogen-bond donors (Lipinski definition) is 1. The molecular weight excluding hydrogens is 432 g/mol. The van der Waals surface area contributed by atoms with E-state index in [1.54, 1.807) is 36.4 Å². The summed E-state index contributed by atoms with van der Waals surface area (Å²) >= 11 is 5.89. The minimum absolute atomic E-state index is 0.103. The summed E-state index contributed by atoms with van der Waals surface area (Å²) in [5, 5.41) is 3.41. The maximum absolute atomic E-state index is 13.3. The largest absolute Gasteiger partial charge is 0.351 e. The molecule has 0 radical (unpaired) electrons. The molecule has 0 bridgehead atoms. The molecule has 7 heteroatoms. The van der Waals surface area contributed by atoms with Crippen molar-refractivity contribution in [2.45, 2.75) is 31.8 Å². The van der Waals surface area contributed by atoms with Crippen LogP contribution in [-0.2, 0) is 27.9 Å². The third-order valence-electron chi connectivity index (χ3n) is 4.82. The average molecular weight is 457 g/mol. The Morgan fingerprint density at radius 1 is 0.903 bits per heavy atom. The lowest BCUT2D eigenvalue weighted by Crippen LogP contribution is -2.40. The van der Waals surface area contributed by atoms with Gasteiger partial charge in [-0.1, -0.05) is 71.3 Å². The highest BCUT2D eigenvalue weighted by atomic mass is 35.5. The van der Waals surface area contributed by atoms with Crippen LogP contribution in [0.3, 0.4) is 0 Å². The van der Waals surface area contributed by atoms with Gasteiger partial charge in [0.25, 0.3) is 0 Å². The molecule has 0 saturated carbocycles. The fourth-order valence-electron chi connectivity index (χ4n) is 3.12. The number of carbonyl (C=O) groups excluding carboxylic acids is 1. The van der Waals surface area contributed by atoms with E-state index in [0.717, 1.165) is 22.3 Å². The highest BCUT2D eigenvalue weighted by Crippen LogP contribution is 2.19. The minimum Gasteiger partial charge on any atom is -0.351 e. The van der Waals surface area contributed by atoms with Crippen molar-refractivity contribution < 1.29 is 13.2 Å². The van der Waals surface area contributed by atoms with Crippen LogP contribution in [0.4, 0.5) is 0 Å². The predicted octanol–water partition coefficient (Wildman–Crippen LogP) is 4.46. The standard InChI is InChI=1S/C24H25ClN2O3S/c1-18-6-12-23(13-7-18)31(29,30)27(16-21-5-3-4-19(2)14-21)17-24(28)26-15-20-8-10-22(25)11-9-20/h3-14H,15-17H2,1-2H3,(H,26,28). The Morgan fingerprint density at radius 2 is 1.58 bits per heavy atom. The Morgan fingerprint density at radius 3 is 2.23 bits per heavy atom. The molecule has 0 heterocycles. The molecule has 0 aliphatic rings. The molecule has 162 valence electrons. The summed E-state index contributed by atoms with van der Waals surface area (Å²) in [6.07, 6.45) is 0. The van der Waals surface area contributed by atoms with E-state index in [9.17, 15) is 13.2 Å². The van der Waals surface area contributed by atoms with Crippen molar-refractivity contribution in [1.82, 2.24) is 9.62 Å². The zero-order chi connectivity index (χ0) is 22.4. The number of sulfonamides is 1. The molecule has 3 rings (SSSR count). The number of hydrogen-bond acceptors (Lipinski definition) is 3. The summed E-state index contributed by atoms with van der Waals surface area (Å²) in [5.41, 5.74) is 3.69. The molecule has 31 heavy (non-hydrogen) atoms. The van der Waals surface area contributed by atoms with Gasteiger partial charge < -0.3 is 5.32 Å². The molecule has 1 N–H and O–H groups in total. The maximum Gasteiger partial charge on any atom is 0.243 e. The molecular formula is C24H25ClN2O3S. The SMILES string of the molecule is Cc1ccc(S(=O)(=O)N(CC(=O)NCc2ccc(Cl)cc2)Cc2cccc(C)c2)cc1. The number of nitrogens with zero attached hydrogens (tertiary/aromatic N) is 1. The van der Waals surface area contributed by atoms with Crippen molar-refractivity contribution in [2.75, 3.05) is 6.54 Å². The second-order valence-corrected chi connectivity index (χ2v) is 9.85. The molecule has 0 aliphatic carbocycles. The first-order chi connectivity index (χ1) is 14.7. The van der Waals surface area contributed by atoms with Crippen LogP contribution in [-0.4, -0.2) is 25.2 Å². The van der Waals surface area contributed by atoms with Gasteiger partial charge >= 0.3 is 0 Å². The Balaban J connectivity index is 1.80. The minimum atomic E-state index is -3.86. The second-order valence-electron chi connectivity index (χ2n) is 7.48. The molecule has 0 aromatic heterocycles. The molecule has 3 aromatic carbocycles. The first-order valence-electron chi connectivity index (χ1n) is 9.87. The van der Waals surface area contributed by atoms with Gasteiger partial charge in [-0.05, 0) is 49.2 Å². The first-order valence-corrected chi connectivity index (χ1v) is 11.7. The van der Waals surface area contributed by atoms with Crippen LogP contribution in [0.15, 0.2) is 77.7 Å². The van der Waals surface area contributed by atoms with Crippen LogP contribution in [0.2, 0.25) is 5.02 Å². The van der Waals surface area contributed by atoms with Gasteiger partial charge in [-0.3, -0.25) is 4.79 Å². The Bertz CT molecular complexity index is 1140. The lowest BCUT2D eigenvalue weighted by molar-refractivity contribution is -0.121. The van der Waals surface area contributed by atoms with E-state index < -0.39 is 10.0 Å². The number of nitrogens with one attached hydrogen (secondary N) is 1. The molecule has 0 saturated heterocycles. The molecule has 0 aliphatic heterocycles. The molecule has 1 amide bonds. The second kappa shape index (κ2) is 10.1. The Hall–Kier alpha value is -2.67. The van der Waals surface area contributed by atoms with Crippen molar-refractivity contribution in [3.63, 3.8) is 0 Å². The van der Waals surface area contributed by atoms with Crippen molar-refractivity contribution in [3.8, 4) is 0 Å². The number of amides is 1. The fourth-order valence-corrected chi connectivity index (χ4v) is 4.63. The summed E-state index contributed by atoms with van der Waals surface area (Å²) in [6, 6.07) is 21.4. The van der Waals surface area contributed by atoms with Crippen LogP contribution in [0.25, 0.3) is 0 Å². The first kappa shape index (κ1) is 23.0. The van der Waals surface area contributed by atoms with E-state index in [1.807, 2.05) is 50.2 Å².